The van der Waals surface area contributed by atoms with Gasteiger partial charge in [0.25, 0.3) is 0 Å². The van der Waals surface area contributed by atoms with Crippen LogP contribution in [0.5, 0.6) is 0 Å². The molecule has 23 heavy (non-hydrogen) atoms. The Morgan fingerprint density at radius 3 is 2.26 bits per heavy atom. The molecule has 0 bridgehead atoms. The Morgan fingerprint density at radius 1 is 1.17 bits per heavy atom. The lowest BCUT2D eigenvalue weighted by molar-refractivity contribution is -0.134. The number of alkyl halides is 3. The van der Waals surface area contributed by atoms with Crippen molar-refractivity contribution in [3.63, 3.8) is 0 Å². The van der Waals surface area contributed by atoms with Gasteiger partial charge in [-0.2, -0.15) is 13.2 Å². The maximum absolute atomic E-state index is 12.9. The zero-order valence-corrected chi connectivity index (χ0v) is 15.3. The van der Waals surface area contributed by atoms with Crippen molar-refractivity contribution in [1.29, 1.82) is 0 Å². The van der Waals surface area contributed by atoms with Crippen LogP contribution in [-0.2, 0) is 17.5 Å². The third kappa shape index (κ3) is 5.11. The molecule has 0 spiro atoms. The second-order valence-electron chi connectivity index (χ2n) is 7.07. The van der Waals surface area contributed by atoms with Crippen LogP contribution in [-0.4, -0.2) is 9.30 Å². The highest BCUT2D eigenvalue weighted by Gasteiger charge is 2.37. The summed E-state index contributed by atoms with van der Waals surface area (Å²) in [5.74, 6) is 0.245. The molecule has 1 saturated carbocycles. The van der Waals surface area contributed by atoms with Crippen LogP contribution in [0.3, 0.4) is 0 Å². The lowest BCUT2D eigenvalue weighted by atomic mass is 9.84. The van der Waals surface area contributed by atoms with Gasteiger partial charge < -0.3 is 4.55 Å². The largest absolute Gasteiger partial charge is 0.598 e. The van der Waals surface area contributed by atoms with Crippen molar-refractivity contribution in [2.75, 3.05) is 0 Å². The fourth-order valence-electron chi connectivity index (χ4n) is 2.82. The van der Waals surface area contributed by atoms with Crippen LogP contribution in [0.15, 0.2) is 12.1 Å². The third-order valence-corrected chi connectivity index (χ3v) is 6.92. The molecule has 1 N–H and O–H groups in total. The smallest absolute Gasteiger partial charge is 0.425 e. The first-order valence-electron chi connectivity index (χ1n) is 7.94. The van der Waals surface area contributed by atoms with E-state index in [1.54, 1.807) is 6.07 Å². The molecule has 1 fully saturated rings. The Hall–Kier alpha value is -0.240. The molecule has 0 aliphatic heterocycles. The summed E-state index contributed by atoms with van der Waals surface area (Å²) in [6.07, 6.45) is 0.967. The number of hydrogen-bond donors (Lipinski definition) is 1. The van der Waals surface area contributed by atoms with E-state index >= 15 is 0 Å². The number of rotatable bonds is 4. The Bertz CT molecular complexity index is 504. The van der Waals surface area contributed by atoms with Crippen LogP contribution in [0, 0.1) is 5.92 Å². The lowest BCUT2D eigenvalue weighted by Crippen LogP contribution is -2.43. The fourth-order valence-corrected chi connectivity index (χ4v) is 4.82. The van der Waals surface area contributed by atoms with Crippen LogP contribution in [0.4, 0.5) is 13.2 Å². The molecule has 132 valence electrons. The molecule has 0 aromatic carbocycles. The van der Waals surface area contributed by atoms with E-state index in [-0.39, 0.29) is 12.0 Å². The van der Waals surface area contributed by atoms with Crippen molar-refractivity contribution in [1.82, 2.24) is 4.72 Å². The molecular formula is C16H24F3NOS2. The van der Waals surface area contributed by atoms with Gasteiger partial charge in [-0.15, -0.1) is 16.1 Å². The van der Waals surface area contributed by atoms with Gasteiger partial charge in [0.05, 0.1) is 6.04 Å². The van der Waals surface area contributed by atoms with Gasteiger partial charge >= 0.3 is 6.18 Å². The van der Waals surface area contributed by atoms with Gasteiger partial charge in [-0.05, 0) is 51.7 Å². The van der Waals surface area contributed by atoms with Gasteiger partial charge in [0.1, 0.15) is 9.62 Å². The SMILES string of the molecule is CC(C)(C)[S@+]([O-])N[C@@H](c1ccc(C(F)(F)F)s1)C1CCCCC1. The number of hydrogen-bond acceptors (Lipinski definition) is 3. The highest BCUT2D eigenvalue weighted by molar-refractivity contribution is 7.90. The van der Waals surface area contributed by atoms with Gasteiger partial charge in [-0.1, -0.05) is 19.3 Å². The standard InChI is InChI=1S/C16H24F3NOS2/c1-15(2,3)23(21)20-14(11-7-5-4-6-8-11)12-9-10-13(22-12)16(17,18)19/h9-11,14,20H,4-8H2,1-3H3/t14-,23+/m1/s1. The molecule has 2 atom stereocenters. The van der Waals surface area contributed by atoms with E-state index in [2.05, 4.69) is 4.72 Å². The minimum absolute atomic E-state index is 0.245. The lowest BCUT2D eigenvalue weighted by Gasteiger charge is -2.33. The van der Waals surface area contributed by atoms with Crippen molar-refractivity contribution >= 4 is 22.7 Å². The molecule has 0 radical (unpaired) electrons. The average Bonchev–Trinajstić information content (AvgIpc) is 2.94. The summed E-state index contributed by atoms with van der Waals surface area (Å²) in [6.45, 7) is 5.59. The molecule has 2 nitrogen and oxygen atoms in total. The zero-order valence-electron chi connectivity index (χ0n) is 13.7. The van der Waals surface area contributed by atoms with Crippen molar-refractivity contribution < 1.29 is 17.7 Å². The van der Waals surface area contributed by atoms with Gasteiger partial charge in [-0.3, -0.25) is 0 Å². The summed E-state index contributed by atoms with van der Waals surface area (Å²) in [5, 5.41) is 0. The summed E-state index contributed by atoms with van der Waals surface area (Å²) in [4.78, 5) is 0.0541. The predicted octanol–water partition coefficient (Wildman–Crippen LogP) is 5.44. The Morgan fingerprint density at radius 2 is 1.78 bits per heavy atom. The molecule has 2 rings (SSSR count). The summed E-state index contributed by atoms with van der Waals surface area (Å²) in [7, 11) is 0. The van der Waals surface area contributed by atoms with E-state index in [9.17, 15) is 17.7 Å². The van der Waals surface area contributed by atoms with E-state index in [0.717, 1.165) is 43.1 Å². The molecule has 1 aliphatic carbocycles. The quantitative estimate of drug-likeness (QED) is 0.719. The van der Waals surface area contributed by atoms with Gasteiger partial charge in [0.2, 0.25) is 0 Å². The molecular weight excluding hydrogens is 343 g/mol. The van der Waals surface area contributed by atoms with Crippen molar-refractivity contribution in [3.8, 4) is 0 Å². The van der Waals surface area contributed by atoms with Crippen LogP contribution < -0.4 is 4.72 Å². The first kappa shape index (κ1) is 19.1. The maximum atomic E-state index is 12.9. The summed E-state index contributed by atoms with van der Waals surface area (Å²) < 4.78 is 53.8. The second kappa shape index (κ2) is 7.33. The van der Waals surface area contributed by atoms with Crippen molar-refractivity contribution in [2.24, 2.45) is 5.92 Å². The third-order valence-electron chi connectivity index (χ3n) is 4.12. The van der Waals surface area contributed by atoms with E-state index in [4.69, 9.17) is 0 Å². The van der Waals surface area contributed by atoms with Crippen LogP contribution in [0.25, 0.3) is 0 Å². The maximum Gasteiger partial charge on any atom is 0.425 e. The molecule has 1 aromatic rings. The molecule has 1 aromatic heterocycles. The number of nitrogens with one attached hydrogen (secondary N) is 1. The highest BCUT2D eigenvalue weighted by atomic mass is 32.2. The summed E-state index contributed by atoms with van der Waals surface area (Å²) in [5.41, 5.74) is 0. The second-order valence-corrected chi connectivity index (χ2v) is 10.2. The van der Waals surface area contributed by atoms with Crippen LogP contribution >= 0.6 is 11.3 Å². The predicted molar refractivity (Wildman–Crippen MR) is 89.7 cm³/mol. The Labute approximate surface area is 143 Å². The average molecular weight is 368 g/mol. The minimum Gasteiger partial charge on any atom is -0.598 e. The summed E-state index contributed by atoms with van der Waals surface area (Å²) in [6, 6.07) is 2.41. The number of thiophene rings is 1. The van der Waals surface area contributed by atoms with Gasteiger partial charge in [0, 0.05) is 16.2 Å². The highest BCUT2D eigenvalue weighted by Crippen LogP contribution is 2.42. The molecule has 1 aliphatic rings. The minimum atomic E-state index is -4.32. The summed E-state index contributed by atoms with van der Waals surface area (Å²) >= 11 is -0.534. The Balaban J connectivity index is 2.23. The number of halogens is 3. The molecule has 0 unspecified atom stereocenters. The topological polar surface area (TPSA) is 35.1 Å². The van der Waals surface area contributed by atoms with E-state index in [0.29, 0.717) is 4.88 Å². The normalized spacial score (nSPS) is 20.5. The van der Waals surface area contributed by atoms with Crippen LogP contribution in [0.2, 0.25) is 0 Å². The van der Waals surface area contributed by atoms with Gasteiger partial charge in [0.15, 0.2) is 0 Å². The zero-order chi connectivity index (χ0) is 17.3. The monoisotopic (exact) mass is 367 g/mol. The van der Waals surface area contributed by atoms with E-state index in [1.807, 2.05) is 20.8 Å². The van der Waals surface area contributed by atoms with Crippen LogP contribution in [0.1, 0.15) is 68.7 Å². The van der Waals surface area contributed by atoms with E-state index in [1.165, 1.54) is 6.42 Å². The van der Waals surface area contributed by atoms with Gasteiger partial charge in [-0.25, -0.2) is 0 Å². The van der Waals surface area contributed by atoms with E-state index < -0.39 is 27.2 Å². The first-order chi connectivity index (χ1) is 10.6. The molecule has 7 heteroatoms. The van der Waals surface area contributed by atoms with Crippen molar-refractivity contribution in [3.05, 3.63) is 21.9 Å². The molecule has 0 amide bonds. The van der Waals surface area contributed by atoms with Crippen molar-refractivity contribution in [2.45, 2.75) is 69.8 Å². The molecule has 0 saturated heterocycles. The first-order valence-corrected chi connectivity index (χ1v) is 9.90. The molecule has 1 heterocycles. The fraction of sp³-hybridized carbons (Fsp3) is 0.750. The Kier molecular flexibility index (Phi) is 6.09.